The van der Waals surface area contributed by atoms with Crippen molar-refractivity contribution in [2.45, 2.75) is 13.5 Å². The van der Waals surface area contributed by atoms with Crippen molar-refractivity contribution in [2.75, 3.05) is 5.32 Å². The van der Waals surface area contributed by atoms with Gasteiger partial charge >= 0.3 is 6.01 Å². The van der Waals surface area contributed by atoms with E-state index >= 15 is 0 Å². The summed E-state index contributed by atoms with van der Waals surface area (Å²) in [6.07, 6.45) is 0. The van der Waals surface area contributed by atoms with Crippen LogP contribution in [0.15, 0.2) is 83.3 Å². The van der Waals surface area contributed by atoms with Crippen LogP contribution in [0.1, 0.15) is 11.5 Å². The number of nitrogens with one attached hydrogen (secondary N) is 1. The van der Waals surface area contributed by atoms with Gasteiger partial charge in [0.25, 0.3) is 5.89 Å². The largest absolute Gasteiger partial charge is 0.484 e. The first-order chi connectivity index (χ1) is 13.3. The van der Waals surface area contributed by atoms with Crippen molar-refractivity contribution in [1.82, 2.24) is 10.2 Å². The van der Waals surface area contributed by atoms with Crippen LogP contribution in [0.4, 0.5) is 11.7 Å². The van der Waals surface area contributed by atoms with Crippen LogP contribution >= 0.6 is 0 Å². The normalized spacial score (nSPS) is 10.6. The SMILES string of the molecule is Cc1cccc(Nc2nnc(COc3ccc(-c4ccccc4)cc3)o2)c1. The van der Waals surface area contributed by atoms with Gasteiger partial charge in [-0.2, -0.15) is 0 Å². The van der Waals surface area contributed by atoms with E-state index in [4.69, 9.17) is 9.15 Å². The molecule has 0 atom stereocenters. The van der Waals surface area contributed by atoms with Gasteiger partial charge in [0.15, 0.2) is 6.61 Å². The number of aryl methyl sites for hydroxylation is 1. The second kappa shape index (κ2) is 7.74. The number of benzene rings is 3. The first-order valence-electron chi connectivity index (χ1n) is 8.71. The molecule has 0 saturated heterocycles. The van der Waals surface area contributed by atoms with Gasteiger partial charge in [0.1, 0.15) is 5.75 Å². The Morgan fingerprint density at radius 1 is 0.852 bits per heavy atom. The molecule has 134 valence electrons. The Kier molecular flexibility index (Phi) is 4.83. The molecule has 1 N–H and O–H groups in total. The summed E-state index contributed by atoms with van der Waals surface area (Å²) in [7, 11) is 0. The van der Waals surface area contributed by atoms with Crippen LogP contribution < -0.4 is 10.1 Å². The maximum absolute atomic E-state index is 5.74. The van der Waals surface area contributed by atoms with Crippen LogP contribution in [0.3, 0.4) is 0 Å². The molecular formula is C22H19N3O2. The smallest absolute Gasteiger partial charge is 0.320 e. The highest BCUT2D eigenvalue weighted by Crippen LogP contribution is 2.23. The molecule has 3 aromatic carbocycles. The lowest BCUT2D eigenvalue weighted by molar-refractivity contribution is 0.265. The molecule has 5 nitrogen and oxygen atoms in total. The predicted octanol–water partition coefficient (Wildman–Crippen LogP) is 5.37. The number of aromatic nitrogens is 2. The molecule has 0 radical (unpaired) electrons. The molecule has 5 heteroatoms. The zero-order valence-corrected chi connectivity index (χ0v) is 14.9. The van der Waals surface area contributed by atoms with Crippen molar-refractivity contribution < 1.29 is 9.15 Å². The third kappa shape index (κ3) is 4.33. The molecular weight excluding hydrogens is 338 g/mol. The van der Waals surface area contributed by atoms with Gasteiger partial charge in [-0.15, -0.1) is 5.10 Å². The molecule has 1 heterocycles. The molecule has 0 unspecified atom stereocenters. The van der Waals surface area contributed by atoms with Crippen molar-refractivity contribution in [1.29, 1.82) is 0 Å². The van der Waals surface area contributed by atoms with E-state index in [-0.39, 0.29) is 6.61 Å². The third-order valence-corrected chi connectivity index (χ3v) is 4.06. The highest BCUT2D eigenvalue weighted by atomic mass is 16.5. The summed E-state index contributed by atoms with van der Waals surface area (Å²) in [4.78, 5) is 0. The van der Waals surface area contributed by atoms with E-state index in [2.05, 4.69) is 27.6 Å². The van der Waals surface area contributed by atoms with Crippen molar-refractivity contribution in [3.63, 3.8) is 0 Å². The Morgan fingerprint density at radius 3 is 2.41 bits per heavy atom. The van der Waals surface area contributed by atoms with Gasteiger partial charge in [0.2, 0.25) is 0 Å². The molecule has 0 spiro atoms. The van der Waals surface area contributed by atoms with Gasteiger partial charge < -0.3 is 14.5 Å². The zero-order chi connectivity index (χ0) is 18.5. The first kappa shape index (κ1) is 16.8. The van der Waals surface area contributed by atoms with Gasteiger partial charge in [0.05, 0.1) is 0 Å². The minimum Gasteiger partial charge on any atom is -0.484 e. The quantitative estimate of drug-likeness (QED) is 0.503. The van der Waals surface area contributed by atoms with E-state index in [9.17, 15) is 0 Å². The lowest BCUT2D eigenvalue weighted by atomic mass is 10.1. The van der Waals surface area contributed by atoms with E-state index in [1.807, 2.05) is 73.7 Å². The van der Waals surface area contributed by atoms with Gasteiger partial charge in [-0.05, 0) is 47.9 Å². The molecule has 0 fully saturated rings. The van der Waals surface area contributed by atoms with Gasteiger partial charge in [0, 0.05) is 5.69 Å². The van der Waals surface area contributed by atoms with Crippen LogP contribution in [0, 0.1) is 6.92 Å². The Balaban J connectivity index is 1.36. The van der Waals surface area contributed by atoms with E-state index < -0.39 is 0 Å². The van der Waals surface area contributed by atoms with Crippen LogP contribution in [-0.2, 0) is 6.61 Å². The number of nitrogens with zero attached hydrogens (tertiary/aromatic N) is 2. The highest BCUT2D eigenvalue weighted by molar-refractivity contribution is 5.63. The second-order valence-corrected chi connectivity index (χ2v) is 6.17. The molecule has 0 aliphatic carbocycles. The average Bonchev–Trinajstić information content (AvgIpc) is 3.15. The van der Waals surface area contributed by atoms with Crippen molar-refractivity contribution >= 4 is 11.7 Å². The monoisotopic (exact) mass is 357 g/mol. The van der Waals surface area contributed by atoms with Crippen LogP contribution in [-0.4, -0.2) is 10.2 Å². The fourth-order valence-electron chi connectivity index (χ4n) is 2.73. The molecule has 4 aromatic rings. The number of rotatable bonds is 6. The molecule has 0 saturated carbocycles. The van der Waals surface area contributed by atoms with Crippen molar-refractivity contribution in [2.24, 2.45) is 0 Å². The Hall–Kier alpha value is -3.60. The van der Waals surface area contributed by atoms with Gasteiger partial charge in [-0.3, -0.25) is 0 Å². The maximum Gasteiger partial charge on any atom is 0.320 e. The predicted molar refractivity (Wildman–Crippen MR) is 105 cm³/mol. The molecule has 0 bridgehead atoms. The van der Waals surface area contributed by atoms with Crippen molar-refractivity contribution in [3.8, 4) is 16.9 Å². The molecule has 0 aliphatic heterocycles. The lowest BCUT2D eigenvalue weighted by Gasteiger charge is -2.05. The third-order valence-electron chi connectivity index (χ3n) is 4.06. The summed E-state index contributed by atoms with van der Waals surface area (Å²) in [6.45, 7) is 2.24. The Morgan fingerprint density at radius 2 is 1.63 bits per heavy atom. The van der Waals surface area contributed by atoms with Gasteiger partial charge in [-0.1, -0.05) is 59.7 Å². The summed E-state index contributed by atoms with van der Waals surface area (Å²) < 4.78 is 11.3. The summed E-state index contributed by atoms with van der Waals surface area (Å²) in [6, 6.07) is 26.5. The Bertz CT molecular complexity index is 1010. The Labute approximate surface area is 157 Å². The van der Waals surface area contributed by atoms with Crippen LogP contribution in [0.2, 0.25) is 0 Å². The van der Waals surface area contributed by atoms with E-state index in [0.29, 0.717) is 11.9 Å². The summed E-state index contributed by atoms with van der Waals surface area (Å²) in [5.74, 6) is 1.17. The molecule has 0 aliphatic rings. The number of hydrogen-bond donors (Lipinski definition) is 1. The molecule has 1 aromatic heterocycles. The number of hydrogen-bond acceptors (Lipinski definition) is 5. The second-order valence-electron chi connectivity index (χ2n) is 6.17. The molecule has 0 amide bonds. The summed E-state index contributed by atoms with van der Waals surface area (Å²) in [5.41, 5.74) is 4.38. The lowest BCUT2D eigenvalue weighted by Crippen LogP contribution is -1.95. The van der Waals surface area contributed by atoms with Crippen LogP contribution in [0.5, 0.6) is 5.75 Å². The van der Waals surface area contributed by atoms with E-state index in [1.54, 1.807) is 0 Å². The first-order valence-corrected chi connectivity index (χ1v) is 8.71. The maximum atomic E-state index is 5.74. The average molecular weight is 357 g/mol. The fourth-order valence-corrected chi connectivity index (χ4v) is 2.73. The van der Waals surface area contributed by atoms with Gasteiger partial charge in [-0.25, -0.2) is 0 Å². The summed E-state index contributed by atoms with van der Waals surface area (Å²) >= 11 is 0. The van der Waals surface area contributed by atoms with Crippen molar-refractivity contribution in [3.05, 3.63) is 90.3 Å². The standard InChI is InChI=1S/C22H19N3O2/c1-16-6-5-9-19(14-16)23-22-25-24-21(27-22)15-26-20-12-10-18(11-13-20)17-7-3-2-4-8-17/h2-14H,15H2,1H3,(H,23,25). The molecule has 27 heavy (non-hydrogen) atoms. The topological polar surface area (TPSA) is 60.2 Å². The van der Waals surface area contributed by atoms with E-state index in [1.165, 1.54) is 5.56 Å². The highest BCUT2D eigenvalue weighted by Gasteiger charge is 2.07. The fraction of sp³-hybridized carbons (Fsp3) is 0.0909. The number of ether oxygens (including phenoxy) is 1. The minimum atomic E-state index is 0.215. The minimum absolute atomic E-state index is 0.215. The zero-order valence-electron chi connectivity index (χ0n) is 14.9. The number of anilines is 2. The van der Waals surface area contributed by atoms with Crippen LogP contribution in [0.25, 0.3) is 11.1 Å². The van der Waals surface area contributed by atoms with E-state index in [0.717, 1.165) is 22.6 Å². The molecule has 4 rings (SSSR count). The summed E-state index contributed by atoms with van der Waals surface area (Å²) in [5, 5.41) is 11.1.